The lowest BCUT2D eigenvalue weighted by Gasteiger charge is -2.76. The molecule has 6 N–H and O–H groups in total. The Labute approximate surface area is 496 Å². The van der Waals surface area contributed by atoms with Crippen LogP contribution < -0.4 is 5.32 Å². The number of aliphatic hydroxyl groups excluding tert-OH is 2. The smallest absolute Gasteiger partial charge is 0.160 e. The highest BCUT2D eigenvalue weighted by Crippen LogP contribution is 2.84. The van der Waals surface area contributed by atoms with Crippen molar-refractivity contribution in [3.63, 3.8) is 0 Å². The molecular weight excluding hydrogens is 1050 g/mol. The first-order valence-corrected chi connectivity index (χ1v) is 33.5. The molecule has 4 aromatic rings. The molecule has 16 rings (SSSR count). The molecule has 5 saturated carbocycles. The lowest BCUT2D eigenvalue weighted by molar-refractivity contribution is -0.267. The van der Waals surface area contributed by atoms with Gasteiger partial charge in [0.15, 0.2) is 5.78 Å². The average molecular weight is 1140 g/mol. The lowest BCUT2D eigenvalue weighted by atomic mass is 9.28. The Bertz CT molecular complexity index is 3500. The third-order valence-electron chi connectivity index (χ3n) is 28.1. The highest BCUT2D eigenvalue weighted by molar-refractivity contribution is 6.02. The first-order valence-electron chi connectivity index (χ1n) is 33.5. The number of aryl methyl sites for hydroxylation is 1. The third kappa shape index (κ3) is 6.96. The van der Waals surface area contributed by atoms with E-state index < -0.39 is 62.3 Å². The van der Waals surface area contributed by atoms with Crippen molar-refractivity contribution in [3.05, 3.63) is 92.1 Å². The summed E-state index contributed by atoms with van der Waals surface area (Å²) in [7, 11) is 2.00. The topological polar surface area (TPSA) is 182 Å². The average Bonchev–Trinajstić information content (AvgIpc) is 1.25. The number of rotatable bonds is 8. The van der Waals surface area contributed by atoms with Crippen molar-refractivity contribution in [2.75, 3.05) is 26.8 Å². The molecule has 3 aromatic heterocycles. The SMILES string of the molecule is CNCC[C@]1(C)C(=O)[C@H]2c3cc[nH]c3[C@H]3CC[C@@]2(C3)[C@@]2(C)[C@H]3[C@H](O)[C@@H]4Cn5cc([C@H]6C(=O)CCc7c6cc6c(c7C7(O)CCOCC7)CC[C@H]7CCCC[C@H]67)c6[nH]cc(c65)CC[C@@](C)(C[C@@H](O)[C@H]5OC5(C)C)C5=C4[C@](C)(CC5=O)[C@@]3(C)CC[C@H]21. The number of ether oxygens (including phenoxy) is 2. The zero-order chi connectivity index (χ0) is 58.2. The number of nitrogens with zero attached hydrogens (tertiary/aromatic N) is 1. The molecular formula is C72H94N4O8. The summed E-state index contributed by atoms with van der Waals surface area (Å²) in [5.41, 5.74) is 9.55. The summed E-state index contributed by atoms with van der Waals surface area (Å²) in [5.74, 6) is 0.500. The number of carbonyl (C=O) groups is 3. The number of nitrogens with one attached hydrogen (secondary N) is 3. The Morgan fingerprint density at radius 1 is 0.845 bits per heavy atom. The third-order valence-corrected chi connectivity index (χ3v) is 28.1. The molecule has 450 valence electrons. The molecule has 2 saturated heterocycles. The van der Waals surface area contributed by atoms with Gasteiger partial charge in [-0.15, -0.1) is 0 Å². The maximum absolute atomic E-state index is 16.1. The molecule has 0 amide bonds. The highest BCUT2D eigenvalue weighted by Gasteiger charge is 2.80. The van der Waals surface area contributed by atoms with Crippen molar-refractivity contribution < 1.29 is 39.2 Å². The first-order chi connectivity index (χ1) is 40.1. The Balaban J connectivity index is 0.904. The Kier molecular flexibility index (Phi) is 12.0. The minimum Gasteiger partial charge on any atom is -0.392 e. The number of ketones is 3. The van der Waals surface area contributed by atoms with Crippen molar-refractivity contribution in [1.82, 2.24) is 19.9 Å². The summed E-state index contributed by atoms with van der Waals surface area (Å²) in [6, 6.07) is 4.68. The van der Waals surface area contributed by atoms with Crippen LogP contribution in [0.3, 0.4) is 0 Å². The van der Waals surface area contributed by atoms with Gasteiger partial charge in [0.25, 0.3) is 0 Å². The summed E-state index contributed by atoms with van der Waals surface area (Å²) in [4.78, 5) is 55.0. The van der Waals surface area contributed by atoms with Crippen molar-refractivity contribution in [2.45, 2.75) is 237 Å². The van der Waals surface area contributed by atoms with Crippen molar-refractivity contribution in [1.29, 1.82) is 0 Å². The van der Waals surface area contributed by atoms with Gasteiger partial charge in [0.2, 0.25) is 0 Å². The molecule has 17 atom stereocenters. The summed E-state index contributed by atoms with van der Waals surface area (Å²) >= 11 is 0. The molecule has 0 unspecified atom stereocenters. The molecule has 12 heteroatoms. The van der Waals surface area contributed by atoms with Gasteiger partial charge in [-0.05, 0) is 219 Å². The van der Waals surface area contributed by atoms with Crippen LogP contribution >= 0.6 is 0 Å². The number of hydrogen-bond acceptors (Lipinski definition) is 9. The van der Waals surface area contributed by atoms with Gasteiger partial charge < -0.3 is 44.6 Å². The van der Waals surface area contributed by atoms with E-state index in [0.717, 1.165) is 109 Å². The fraction of sp³-hybridized carbons (Fsp3) is 0.708. The quantitative estimate of drug-likeness (QED) is 0.0936. The number of benzene rings is 1. The van der Waals surface area contributed by atoms with Crippen molar-refractivity contribution in [3.8, 4) is 0 Å². The zero-order valence-electron chi connectivity index (χ0n) is 51.5. The molecule has 1 aromatic carbocycles. The van der Waals surface area contributed by atoms with Gasteiger partial charge in [-0.25, -0.2) is 0 Å². The van der Waals surface area contributed by atoms with E-state index in [1.807, 2.05) is 20.9 Å². The van der Waals surface area contributed by atoms with Crippen LogP contribution in [-0.4, -0.2) is 97.9 Å². The summed E-state index contributed by atoms with van der Waals surface area (Å²) in [5, 5.41) is 43.6. The fourth-order valence-electron chi connectivity index (χ4n) is 24.2. The van der Waals surface area contributed by atoms with Gasteiger partial charge in [-0.1, -0.05) is 53.5 Å². The molecule has 7 fully saturated rings. The number of epoxide rings is 1. The number of allylic oxidation sites excluding steroid dienone is 1. The van der Waals surface area contributed by atoms with Gasteiger partial charge in [0.1, 0.15) is 17.7 Å². The van der Waals surface area contributed by atoms with Crippen LogP contribution in [0.1, 0.15) is 231 Å². The van der Waals surface area contributed by atoms with Gasteiger partial charge in [-0.3, -0.25) is 14.4 Å². The zero-order valence-corrected chi connectivity index (χ0v) is 51.5. The summed E-state index contributed by atoms with van der Waals surface area (Å²) in [6.07, 6.45) is 20.7. The monoisotopic (exact) mass is 1140 g/mol. The van der Waals surface area contributed by atoms with E-state index in [-0.39, 0.29) is 40.8 Å². The van der Waals surface area contributed by atoms with E-state index in [4.69, 9.17) is 9.47 Å². The van der Waals surface area contributed by atoms with Crippen LogP contribution in [0.5, 0.6) is 0 Å². The van der Waals surface area contributed by atoms with Crippen LogP contribution in [0.4, 0.5) is 0 Å². The number of aromatic amines is 2. The minimum absolute atomic E-state index is 0.0129. The van der Waals surface area contributed by atoms with Crippen molar-refractivity contribution in [2.24, 2.45) is 56.2 Å². The molecule has 84 heavy (non-hydrogen) atoms. The lowest BCUT2D eigenvalue weighted by Crippen LogP contribution is -2.74. The normalized spacial score (nSPS) is 42.5. The number of aromatic nitrogens is 3. The second-order valence-electron chi connectivity index (χ2n) is 32.0. The number of aliphatic hydroxyl groups is 3. The van der Waals surface area contributed by atoms with Gasteiger partial charge in [0, 0.05) is 97.6 Å². The molecule has 0 radical (unpaired) electrons. The molecule has 1 spiro atoms. The van der Waals surface area contributed by atoms with Crippen LogP contribution in [0.25, 0.3) is 11.0 Å². The molecule has 9 aliphatic carbocycles. The largest absolute Gasteiger partial charge is 0.392 e. The maximum atomic E-state index is 16.1. The summed E-state index contributed by atoms with van der Waals surface area (Å²) in [6.45, 7) is 18.2. The van der Waals surface area contributed by atoms with Crippen LogP contribution in [0.15, 0.2) is 41.9 Å². The molecule has 6 heterocycles. The van der Waals surface area contributed by atoms with E-state index in [0.29, 0.717) is 94.7 Å². The number of fused-ring (bicyclic) bond motifs is 12. The number of carbonyl (C=O) groups excluding carboxylic acids is 3. The first kappa shape index (κ1) is 55.2. The standard InChI is InChI=1S/C72H94N4O8/c1-65(2)64(84-65)51(79)33-66(3)21-17-40-35-75-59-47(53-46-31-45-41-12-10-9-11-38(41)13-14-42(45)54(43(46)15-16-49(53)77)72(82)25-29-83-30-26-72)36-76(60(40)59)37-48-55-57(66)50(78)34-69(55,6)68(5)22-19-52-67(4,24-28-73-8)63(81)56-44-20-27-74-58(44)39-18-23-71(56,32-39)70(52,7)62(68)61(48)80/h20,27,31,35-36,38-39,41,48,51-53,56,61-62,64,73-75,79-80,82H,9-19,21-26,28-30,32-34,37H2,1-8H3/t38-,39+,41+,48-,51-,52+,53+,56-,61-,62+,64-,66+,67+,68+,69+,70-,71+/m1/s1. The van der Waals surface area contributed by atoms with Crippen LogP contribution in [0.2, 0.25) is 0 Å². The number of hydrogen-bond donors (Lipinski definition) is 6. The van der Waals surface area contributed by atoms with E-state index in [9.17, 15) is 15.3 Å². The van der Waals surface area contributed by atoms with Gasteiger partial charge in [-0.2, -0.15) is 0 Å². The Morgan fingerprint density at radius 3 is 2.39 bits per heavy atom. The van der Waals surface area contributed by atoms with E-state index in [1.165, 1.54) is 47.2 Å². The Morgan fingerprint density at radius 2 is 1.62 bits per heavy atom. The van der Waals surface area contributed by atoms with Gasteiger partial charge >= 0.3 is 0 Å². The molecule has 3 aliphatic heterocycles. The Hall–Kier alpha value is -4.17. The number of Topliss-reactive ketones (excluding diaryl/α,β-unsaturated/α-hetero) is 3. The van der Waals surface area contributed by atoms with E-state index in [1.54, 1.807) is 0 Å². The van der Waals surface area contributed by atoms with Gasteiger partial charge in [0.05, 0.1) is 46.3 Å². The van der Waals surface area contributed by atoms with E-state index >= 15 is 14.4 Å². The van der Waals surface area contributed by atoms with E-state index in [2.05, 4.69) is 85.2 Å². The van der Waals surface area contributed by atoms with Crippen molar-refractivity contribution >= 4 is 28.4 Å². The minimum atomic E-state index is -1.02. The number of H-pyrrole nitrogens is 2. The predicted molar refractivity (Wildman–Crippen MR) is 322 cm³/mol. The van der Waals surface area contributed by atoms with Crippen LogP contribution in [-0.2, 0) is 55.3 Å². The molecule has 2 bridgehead atoms. The van der Waals surface area contributed by atoms with Crippen LogP contribution in [0, 0.1) is 56.2 Å². The molecule has 12 aliphatic rings. The second kappa shape index (κ2) is 18.2. The highest BCUT2D eigenvalue weighted by atomic mass is 16.6. The molecule has 12 nitrogen and oxygen atoms in total. The second-order valence-corrected chi connectivity index (χ2v) is 32.0. The predicted octanol–water partition coefficient (Wildman–Crippen LogP) is 11.6. The fourth-order valence-corrected chi connectivity index (χ4v) is 24.2. The maximum Gasteiger partial charge on any atom is 0.160 e. The summed E-state index contributed by atoms with van der Waals surface area (Å²) < 4.78 is 14.5.